The number of nitrogens with zero attached hydrogens (tertiary/aromatic N) is 2. The number of hydrogen-bond acceptors (Lipinski definition) is 4. The molecule has 122 valence electrons. The van der Waals surface area contributed by atoms with E-state index in [0.717, 1.165) is 45.8 Å². The second-order valence-corrected chi connectivity index (χ2v) is 6.82. The lowest BCUT2D eigenvalue weighted by atomic mass is 9.89. The van der Waals surface area contributed by atoms with Gasteiger partial charge in [-0.25, -0.2) is 4.39 Å². The van der Waals surface area contributed by atoms with Crippen LogP contribution in [0.3, 0.4) is 0 Å². The summed E-state index contributed by atoms with van der Waals surface area (Å²) in [6.45, 7) is 9.46. The van der Waals surface area contributed by atoms with Gasteiger partial charge in [0, 0.05) is 45.3 Å². The van der Waals surface area contributed by atoms with Crippen molar-refractivity contribution in [1.29, 1.82) is 0 Å². The molecule has 5 heteroatoms. The fraction of sp³-hybridized carbons (Fsp3) is 0.647. The van der Waals surface area contributed by atoms with Gasteiger partial charge in [0.25, 0.3) is 0 Å². The molecule has 0 aromatic heterocycles. The van der Waals surface area contributed by atoms with E-state index >= 15 is 0 Å². The van der Waals surface area contributed by atoms with Gasteiger partial charge in [0.05, 0.1) is 12.8 Å². The zero-order chi connectivity index (χ0) is 15.6. The third kappa shape index (κ3) is 3.36. The van der Waals surface area contributed by atoms with Crippen molar-refractivity contribution in [2.45, 2.75) is 13.3 Å². The molecule has 2 saturated heterocycles. The summed E-state index contributed by atoms with van der Waals surface area (Å²) in [4.78, 5) is 4.64. The van der Waals surface area contributed by atoms with E-state index in [9.17, 15) is 4.39 Å². The molecule has 2 heterocycles. The fourth-order valence-corrected chi connectivity index (χ4v) is 3.55. The van der Waals surface area contributed by atoms with Gasteiger partial charge >= 0.3 is 0 Å². The van der Waals surface area contributed by atoms with Crippen molar-refractivity contribution >= 4 is 5.69 Å². The Morgan fingerprint density at radius 2 is 2.05 bits per heavy atom. The zero-order valence-corrected chi connectivity index (χ0v) is 13.6. The first kappa shape index (κ1) is 15.6. The van der Waals surface area contributed by atoms with Crippen LogP contribution in [-0.2, 0) is 0 Å². The van der Waals surface area contributed by atoms with Crippen LogP contribution in [0.15, 0.2) is 18.2 Å². The predicted octanol–water partition coefficient (Wildman–Crippen LogP) is 1.96. The van der Waals surface area contributed by atoms with Crippen LogP contribution in [0.2, 0.25) is 0 Å². The monoisotopic (exact) mass is 307 g/mol. The summed E-state index contributed by atoms with van der Waals surface area (Å²) in [6.07, 6.45) is 1.25. The molecule has 2 fully saturated rings. The van der Waals surface area contributed by atoms with Crippen LogP contribution in [0.25, 0.3) is 0 Å². The van der Waals surface area contributed by atoms with E-state index in [1.54, 1.807) is 19.2 Å². The van der Waals surface area contributed by atoms with Gasteiger partial charge < -0.3 is 15.0 Å². The lowest BCUT2D eigenvalue weighted by molar-refractivity contribution is 0.169. The number of piperazine rings is 1. The molecular weight excluding hydrogens is 281 g/mol. The highest BCUT2D eigenvalue weighted by molar-refractivity contribution is 5.52. The largest absolute Gasteiger partial charge is 0.497 e. The normalized spacial score (nSPS) is 26.4. The summed E-state index contributed by atoms with van der Waals surface area (Å²) < 4.78 is 19.3. The minimum absolute atomic E-state index is 0.166. The van der Waals surface area contributed by atoms with Gasteiger partial charge in [-0.2, -0.15) is 0 Å². The number of rotatable bonds is 4. The first-order valence-electron chi connectivity index (χ1n) is 8.11. The van der Waals surface area contributed by atoms with Crippen LogP contribution in [0, 0.1) is 11.2 Å². The van der Waals surface area contributed by atoms with Crippen molar-refractivity contribution in [2.75, 3.05) is 57.8 Å². The molecule has 0 spiro atoms. The van der Waals surface area contributed by atoms with Gasteiger partial charge in [0.1, 0.15) is 11.6 Å². The highest BCUT2D eigenvalue weighted by Crippen LogP contribution is 2.28. The second kappa shape index (κ2) is 6.42. The van der Waals surface area contributed by atoms with Crippen LogP contribution < -0.4 is 15.0 Å². The summed E-state index contributed by atoms with van der Waals surface area (Å²) in [5.41, 5.74) is 1.05. The Labute approximate surface area is 132 Å². The van der Waals surface area contributed by atoms with E-state index < -0.39 is 0 Å². The van der Waals surface area contributed by atoms with Gasteiger partial charge in [-0.15, -0.1) is 0 Å². The first-order chi connectivity index (χ1) is 10.6. The lowest BCUT2D eigenvalue weighted by Gasteiger charge is -2.39. The van der Waals surface area contributed by atoms with E-state index in [2.05, 4.69) is 22.0 Å². The third-order valence-electron chi connectivity index (χ3n) is 4.93. The third-order valence-corrected chi connectivity index (χ3v) is 4.93. The average Bonchev–Trinajstić information content (AvgIpc) is 2.95. The minimum Gasteiger partial charge on any atom is -0.497 e. The van der Waals surface area contributed by atoms with E-state index in [1.807, 2.05) is 0 Å². The first-order valence-corrected chi connectivity index (χ1v) is 8.11. The van der Waals surface area contributed by atoms with Crippen LogP contribution in [-0.4, -0.2) is 57.8 Å². The van der Waals surface area contributed by atoms with Crippen LogP contribution in [0.4, 0.5) is 10.1 Å². The summed E-state index contributed by atoms with van der Waals surface area (Å²) in [7, 11) is 1.62. The number of halogens is 1. The molecule has 0 amide bonds. The SMILES string of the molecule is COc1ccc(F)c(N2CCN(CC3(C)CCNC3)CC2)c1. The number of anilines is 1. The van der Waals surface area contributed by atoms with Crippen LogP contribution >= 0.6 is 0 Å². The topological polar surface area (TPSA) is 27.7 Å². The van der Waals surface area contributed by atoms with Gasteiger partial charge in [-0.3, -0.25) is 4.90 Å². The molecule has 4 nitrogen and oxygen atoms in total. The molecule has 22 heavy (non-hydrogen) atoms. The molecule has 2 aliphatic rings. The Bertz CT molecular complexity index is 509. The lowest BCUT2D eigenvalue weighted by Crippen LogP contribution is -2.50. The Hall–Kier alpha value is -1.33. The molecule has 0 aliphatic carbocycles. The summed E-state index contributed by atoms with van der Waals surface area (Å²) >= 11 is 0. The van der Waals surface area contributed by atoms with Crippen molar-refractivity contribution in [2.24, 2.45) is 5.41 Å². The molecule has 3 rings (SSSR count). The van der Waals surface area contributed by atoms with Crippen molar-refractivity contribution in [3.05, 3.63) is 24.0 Å². The predicted molar refractivity (Wildman–Crippen MR) is 87.2 cm³/mol. The van der Waals surface area contributed by atoms with Crippen molar-refractivity contribution in [3.63, 3.8) is 0 Å². The Kier molecular flexibility index (Phi) is 4.54. The van der Waals surface area contributed by atoms with Crippen LogP contribution in [0.5, 0.6) is 5.75 Å². The Balaban J connectivity index is 1.59. The van der Waals surface area contributed by atoms with Gasteiger partial charge in [0.2, 0.25) is 0 Å². The molecule has 2 aliphatic heterocycles. The Morgan fingerprint density at radius 3 is 2.68 bits per heavy atom. The number of ether oxygens (including phenoxy) is 1. The summed E-state index contributed by atoms with van der Waals surface area (Å²) in [5, 5.41) is 3.46. The maximum absolute atomic E-state index is 14.1. The van der Waals surface area contributed by atoms with Crippen molar-refractivity contribution < 1.29 is 9.13 Å². The maximum Gasteiger partial charge on any atom is 0.146 e. The highest BCUT2D eigenvalue weighted by Gasteiger charge is 2.32. The van der Waals surface area contributed by atoms with Crippen molar-refractivity contribution in [3.8, 4) is 5.75 Å². The fourth-order valence-electron chi connectivity index (χ4n) is 3.55. The van der Waals surface area contributed by atoms with Crippen molar-refractivity contribution in [1.82, 2.24) is 10.2 Å². The zero-order valence-electron chi connectivity index (χ0n) is 13.6. The maximum atomic E-state index is 14.1. The summed E-state index contributed by atoms with van der Waals surface area (Å²) in [6, 6.07) is 4.96. The smallest absolute Gasteiger partial charge is 0.146 e. The Morgan fingerprint density at radius 1 is 1.27 bits per heavy atom. The van der Waals surface area contributed by atoms with E-state index in [1.165, 1.54) is 12.5 Å². The van der Waals surface area contributed by atoms with Gasteiger partial charge in [-0.05, 0) is 30.5 Å². The molecule has 1 aromatic carbocycles. The van der Waals surface area contributed by atoms with Gasteiger partial charge in [0.15, 0.2) is 0 Å². The van der Waals surface area contributed by atoms with E-state index in [0.29, 0.717) is 16.9 Å². The van der Waals surface area contributed by atoms with E-state index in [-0.39, 0.29) is 5.82 Å². The molecule has 0 saturated carbocycles. The highest BCUT2D eigenvalue weighted by atomic mass is 19.1. The molecule has 0 radical (unpaired) electrons. The summed E-state index contributed by atoms with van der Waals surface area (Å²) in [5.74, 6) is 0.546. The number of benzene rings is 1. The van der Waals surface area contributed by atoms with Gasteiger partial charge in [-0.1, -0.05) is 6.92 Å². The molecular formula is C17H26FN3O. The molecule has 1 N–H and O–H groups in total. The standard InChI is InChI=1S/C17H26FN3O/c1-17(5-6-19-12-17)13-20-7-9-21(10-8-20)16-11-14(22-2)3-4-15(16)18/h3-4,11,19H,5-10,12-13H2,1-2H3. The molecule has 1 aromatic rings. The minimum atomic E-state index is -0.166. The average molecular weight is 307 g/mol. The van der Waals surface area contributed by atoms with E-state index in [4.69, 9.17) is 4.74 Å². The molecule has 0 bridgehead atoms. The number of nitrogens with one attached hydrogen (secondary N) is 1. The second-order valence-electron chi connectivity index (χ2n) is 6.82. The quantitative estimate of drug-likeness (QED) is 0.920. The molecule has 1 unspecified atom stereocenters. The number of hydrogen-bond donors (Lipinski definition) is 1. The van der Waals surface area contributed by atoms with Crippen LogP contribution in [0.1, 0.15) is 13.3 Å². The molecule has 1 atom stereocenters. The number of methoxy groups -OCH3 is 1.